The summed E-state index contributed by atoms with van der Waals surface area (Å²) in [5.74, 6) is 0.739. The molecule has 1 atom stereocenters. The Bertz CT molecular complexity index is 443. The zero-order valence-electron chi connectivity index (χ0n) is 11.5. The summed E-state index contributed by atoms with van der Waals surface area (Å²) in [6, 6.07) is 3.57. The van der Waals surface area contributed by atoms with Crippen molar-refractivity contribution in [3.8, 4) is 0 Å². The molecule has 1 amide bonds. The van der Waals surface area contributed by atoms with E-state index in [0.717, 1.165) is 18.7 Å². The molecule has 1 aliphatic heterocycles. The quantitative estimate of drug-likeness (QED) is 0.848. The van der Waals surface area contributed by atoms with Crippen molar-refractivity contribution in [2.75, 3.05) is 25.5 Å². The molecular weight excluding hydrogens is 242 g/mol. The number of pyridine rings is 1. The number of aliphatic hydroxyl groups is 1. The van der Waals surface area contributed by atoms with Crippen LogP contribution in [0.5, 0.6) is 0 Å². The van der Waals surface area contributed by atoms with Crippen LogP contribution in [-0.2, 0) is 0 Å². The maximum Gasteiger partial charge on any atom is 0.255 e. The zero-order chi connectivity index (χ0) is 13.9. The first-order valence-electron chi connectivity index (χ1n) is 6.67. The molecule has 2 rings (SSSR count). The molecule has 1 fully saturated rings. The van der Waals surface area contributed by atoms with Gasteiger partial charge in [-0.25, -0.2) is 4.98 Å². The third-order valence-corrected chi connectivity index (χ3v) is 3.62. The Hall–Kier alpha value is -1.62. The molecule has 104 valence electrons. The molecule has 0 bridgehead atoms. The summed E-state index contributed by atoms with van der Waals surface area (Å²) in [5.41, 5.74) is -0.0518. The molecule has 0 radical (unpaired) electrons. The number of carbonyl (C=O) groups is 1. The highest BCUT2D eigenvalue weighted by molar-refractivity contribution is 5.94. The summed E-state index contributed by atoms with van der Waals surface area (Å²) in [6.07, 6.45) is 3.80. The molecule has 2 N–H and O–H groups in total. The van der Waals surface area contributed by atoms with Gasteiger partial charge < -0.3 is 15.3 Å². The Balaban J connectivity index is 2.06. The van der Waals surface area contributed by atoms with Gasteiger partial charge in [0.2, 0.25) is 0 Å². The fourth-order valence-corrected chi connectivity index (χ4v) is 2.32. The molecular formula is C14H21N3O2. The normalized spacial score (nSPS) is 23.8. The molecule has 19 heavy (non-hydrogen) atoms. The number of hydrogen-bond donors (Lipinski definition) is 2. The minimum Gasteiger partial charge on any atom is -0.390 e. The number of aromatic nitrogens is 1. The van der Waals surface area contributed by atoms with E-state index in [1.165, 1.54) is 0 Å². The summed E-state index contributed by atoms with van der Waals surface area (Å²) in [5, 5.41) is 13.0. The van der Waals surface area contributed by atoms with Crippen molar-refractivity contribution in [2.45, 2.75) is 31.8 Å². The fourth-order valence-electron chi connectivity index (χ4n) is 2.32. The average Bonchev–Trinajstić information content (AvgIpc) is 2.59. The Morgan fingerprint density at radius 3 is 2.84 bits per heavy atom. The van der Waals surface area contributed by atoms with Crippen LogP contribution in [0.15, 0.2) is 18.3 Å². The molecule has 1 aromatic heterocycles. The number of nitrogens with zero attached hydrogens (tertiary/aromatic N) is 2. The van der Waals surface area contributed by atoms with Gasteiger partial charge in [0.25, 0.3) is 5.91 Å². The molecule has 5 heteroatoms. The van der Waals surface area contributed by atoms with Crippen LogP contribution in [0, 0.1) is 0 Å². The summed E-state index contributed by atoms with van der Waals surface area (Å²) in [6.45, 7) is 3.13. The van der Waals surface area contributed by atoms with Crippen LogP contribution in [-0.4, -0.2) is 46.6 Å². The van der Waals surface area contributed by atoms with Gasteiger partial charge in [0.1, 0.15) is 5.82 Å². The first-order valence-corrected chi connectivity index (χ1v) is 6.67. The van der Waals surface area contributed by atoms with Gasteiger partial charge in [0.05, 0.1) is 11.2 Å². The van der Waals surface area contributed by atoms with Gasteiger partial charge in [-0.2, -0.15) is 0 Å². The minimum absolute atomic E-state index is 0.00662. The molecule has 2 heterocycles. The number of nitrogens with one attached hydrogen (secondary N) is 1. The van der Waals surface area contributed by atoms with E-state index >= 15 is 0 Å². The van der Waals surface area contributed by atoms with Crippen molar-refractivity contribution in [2.24, 2.45) is 0 Å². The van der Waals surface area contributed by atoms with Gasteiger partial charge in [-0.15, -0.1) is 0 Å². The van der Waals surface area contributed by atoms with Crippen molar-refractivity contribution in [1.82, 2.24) is 9.88 Å². The van der Waals surface area contributed by atoms with Crippen molar-refractivity contribution in [3.63, 3.8) is 0 Å². The molecule has 0 aliphatic carbocycles. The molecule has 1 aliphatic rings. The van der Waals surface area contributed by atoms with Crippen LogP contribution >= 0.6 is 0 Å². The second-order valence-electron chi connectivity index (χ2n) is 5.32. The number of likely N-dealkylation sites (tertiary alicyclic amines) is 1. The standard InChI is InChI=1S/C14H21N3O2/c1-14(19)6-3-8-17(9-7-14)13(18)11-4-5-12(15-2)16-10-11/h4-5,10,19H,3,6-9H2,1-2H3,(H,15,16). The maximum atomic E-state index is 12.3. The van der Waals surface area contributed by atoms with Gasteiger partial charge in [-0.1, -0.05) is 0 Å². The van der Waals surface area contributed by atoms with Crippen LogP contribution in [0.1, 0.15) is 36.5 Å². The van der Waals surface area contributed by atoms with E-state index in [1.54, 1.807) is 30.3 Å². The van der Waals surface area contributed by atoms with Gasteiger partial charge >= 0.3 is 0 Å². The Labute approximate surface area is 113 Å². The van der Waals surface area contributed by atoms with E-state index in [9.17, 15) is 9.90 Å². The van der Waals surface area contributed by atoms with Crippen LogP contribution in [0.2, 0.25) is 0 Å². The Morgan fingerprint density at radius 1 is 1.42 bits per heavy atom. The Kier molecular flexibility index (Phi) is 4.04. The predicted molar refractivity (Wildman–Crippen MR) is 74.2 cm³/mol. The van der Waals surface area contributed by atoms with Crippen LogP contribution in [0.3, 0.4) is 0 Å². The highest BCUT2D eigenvalue weighted by atomic mass is 16.3. The number of hydrogen-bond acceptors (Lipinski definition) is 4. The van der Waals surface area contributed by atoms with Crippen LogP contribution in [0.4, 0.5) is 5.82 Å². The molecule has 0 spiro atoms. The SMILES string of the molecule is CNc1ccc(C(=O)N2CCCC(C)(O)CC2)cn1. The van der Waals surface area contributed by atoms with E-state index in [-0.39, 0.29) is 5.91 Å². The second-order valence-corrected chi connectivity index (χ2v) is 5.32. The van der Waals surface area contributed by atoms with Crippen molar-refractivity contribution >= 4 is 11.7 Å². The second kappa shape index (κ2) is 5.57. The molecule has 5 nitrogen and oxygen atoms in total. The van der Waals surface area contributed by atoms with Gasteiger partial charge in [0.15, 0.2) is 0 Å². The molecule has 0 saturated carbocycles. The van der Waals surface area contributed by atoms with E-state index in [0.29, 0.717) is 25.1 Å². The number of anilines is 1. The third-order valence-electron chi connectivity index (χ3n) is 3.62. The van der Waals surface area contributed by atoms with Crippen LogP contribution in [0.25, 0.3) is 0 Å². The largest absolute Gasteiger partial charge is 0.390 e. The molecule has 1 aromatic rings. The highest BCUT2D eigenvalue weighted by Crippen LogP contribution is 2.22. The lowest BCUT2D eigenvalue weighted by atomic mass is 9.98. The lowest BCUT2D eigenvalue weighted by molar-refractivity contribution is 0.0438. The monoisotopic (exact) mass is 263 g/mol. The lowest BCUT2D eigenvalue weighted by Crippen LogP contribution is -2.33. The van der Waals surface area contributed by atoms with Gasteiger partial charge in [-0.05, 0) is 38.3 Å². The highest BCUT2D eigenvalue weighted by Gasteiger charge is 2.27. The summed E-state index contributed by atoms with van der Waals surface area (Å²) < 4.78 is 0. The van der Waals surface area contributed by atoms with E-state index in [2.05, 4.69) is 10.3 Å². The fraction of sp³-hybridized carbons (Fsp3) is 0.571. The van der Waals surface area contributed by atoms with Gasteiger partial charge in [0, 0.05) is 26.3 Å². The first-order chi connectivity index (χ1) is 9.02. The molecule has 1 saturated heterocycles. The summed E-state index contributed by atoms with van der Waals surface area (Å²) in [4.78, 5) is 18.3. The third kappa shape index (κ3) is 3.44. The van der Waals surface area contributed by atoms with E-state index in [4.69, 9.17) is 0 Å². The van der Waals surface area contributed by atoms with E-state index < -0.39 is 5.60 Å². The lowest BCUT2D eigenvalue weighted by Gasteiger charge is -2.22. The number of carbonyl (C=O) groups excluding carboxylic acids is 1. The van der Waals surface area contributed by atoms with E-state index in [1.807, 2.05) is 6.92 Å². The average molecular weight is 263 g/mol. The molecule has 0 aromatic carbocycles. The van der Waals surface area contributed by atoms with Crippen molar-refractivity contribution in [3.05, 3.63) is 23.9 Å². The topological polar surface area (TPSA) is 65.5 Å². The maximum absolute atomic E-state index is 12.3. The number of rotatable bonds is 2. The van der Waals surface area contributed by atoms with Gasteiger partial charge in [-0.3, -0.25) is 4.79 Å². The minimum atomic E-state index is -0.650. The molecule has 1 unspecified atom stereocenters. The number of amides is 1. The summed E-state index contributed by atoms with van der Waals surface area (Å²) in [7, 11) is 1.79. The predicted octanol–water partition coefficient (Wildman–Crippen LogP) is 1.50. The first kappa shape index (κ1) is 13.8. The summed E-state index contributed by atoms with van der Waals surface area (Å²) >= 11 is 0. The van der Waals surface area contributed by atoms with Crippen LogP contribution < -0.4 is 5.32 Å². The Morgan fingerprint density at radius 2 is 2.21 bits per heavy atom. The van der Waals surface area contributed by atoms with Crippen molar-refractivity contribution in [1.29, 1.82) is 0 Å². The van der Waals surface area contributed by atoms with Crippen molar-refractivity contribution < 1.29 is 9.90 Å². The smallest absolute Gasteiger partial charge is 0.255 e. The zero-order valence-corrected chi connectivity index (χ0v) is 11.5.